The molecule has 2 amide bonds. The monoisotopic (exact) mass is 420 g/mol. The Labute approximate surface area is 176 Å². The minimum atomic E-state index is -1.06. The Morgan fingerprint density at radius 3 is 2.59 bits per heavy atom. The summed E-state index contributed by atoms with van der Waals surface area (Å²) in [5, 5.41) is 16.4. The van der Waals surface area contributed by atoms with Crippen molar-refractivity contribution < 1.29 is 19.4 Å². The summed E-state index contributed by atoms with van der Waals surface area (Å²) in [5.74, 6) is 0.133. The Kier molecular flexibility index (Phi) is 6.27. The van der Waals surface area contributed by atoms with Crippen molar-refractivity contribution in [1.29, 1.82) is 0 Å². The third kappa shape index (κ3) is 4.37. The second kappa shape index (κ2) is 8.74. The molecule has 1 saturated carbocycles. The van der Waals surface area contributed by atoms with E-state index in [0.717, 1.165) is 43.4 Å². The molecule has 1 aliphatic carbocycles. The topological polar surface area (TPSA) is 78.9 Å². The van der Waals surface area contributed by atoms with Crippen molar-refractivity contribution in [2.45, 2.75) is 69.6 Å². The van der Waals surface area contributed by atoms with Gasteiger partial charge in [-0.05, 0) is 50.5 Å². The van der Waals surface area contributed by atoms with Gasteiger partial charge in [0.25, 0.3) is 0 Å². The molecule has 3 atom stereocenters. The van der Waals surface area contributed by atoms with Crippen LogP contribution in [0.5, 0.6) is 0 Å². The van der Waals surface area contributed by atoms with E-state index >= 15 is 0 Å². The van der Waals surface area contributed by atoms with Crippen LogP contribution in [0.1, 0.15) is 62.8 Å². The molecule has 0 bridgehead atoms. The van der Waals surface area contributed by atoms with E-state index in [1.807, 2.05) is 22.4 Å². The first kappa shape index (κ1) is 20.8. The fraction of sp³-hybridized carbons (Fsp3) is 0.727. The zero-order chi connectivity index (χ0) is 20.4. The summed E-state index contributed by atoms with van der Waals surface area (Å²) in [6, 6.07) is 3.14. The lowest BCUT2D eigenvalue weighted by Gasteiger charge is -2.49. The molecule has 0 radical (unpaired) electrons. The maximum atomic E-state index is 13.4. The highest BCUT2D eigenvalue weighted by Crippen LogP contribution is 2.40. The summed E-state index contributed by atoms with van der Waals surface area (Å²) in [6.45, 7) is 3.53. The standard InChI is InChI=1S/C22H32N2O4S/c1-22(27)10-11-24(21(26)16-8-12-28-13-9-16)18(17-7-4-14-29-17)19(22)23-20(25)15-5-2-3-6-15/h4,7,14-16,18-19,27H,2-3,5-6,8-13H2,1H3,(H,23,25)/t18-,19-,22+/m0/s1. The van der Waals surface area contributed by atoms with E-state index < -0.39 is 11.6 Å². The summed E-state index contributed by atoms with van der Waals surface area (Å²) >= 11 is 1.58. The number of piperidine rings is 1. The van der Waals surface area contributed by atoms with Crippen LogP contribution in [-0.4, -0.2) is 53.2 Å². The number of aliphatic hydroxyl groups is 1. The average Bonchev–Trinajstić information content (AvgIpc) is 3.43. The van der Waals surface area contributed by atoms with Crippen molar-refractivity contribution in [3.8, 4) is 0 Å². The molecule has 3 heterocycles. The molecule has 2 aliphatic heterocycles. The molecule has 160 valence electrons. The first-order chi connectivity index (χ1) is 14.0. The SMILES string of the molecule is C[C@@]1(O)CCN(C(=O)C2CCOCC2)[C@@H](c2cccs2)[C@@H]1NC(=O)C1CCCC1. The number of hydrogen-bond donors (Lipinski definition) is 2. The highest BCUT2D eigenvalue weighted by atomic mass is 32.1. The van der Waals surface area contributed by atoms with Crippen molar-refractivity contribution >= 4 is 23.2 Å². The lowest BCUT2D eigenvalue weighted by atomic mass is 9.80. The van der Waals surface area contributed by atoms with Crippen molar-refractivity contribution in [2.24, 2.45) is 11.8 Å². The van der Waals surface area contributed by atoms with E-state index in [0.29, 0.717) is 26.2 Å². The number of nitrogens with zero attached hydrogens (tertiary/aromatic N) is 1. The van der Waals surface area contributed by atoms with Crippen molar-refractivity contribution in [2.75, 3.05) is 19.8 Å². The van der Waals surface area contributed by atoms with Crippen molar-refractivity contribution in [3.05, 3.63) is 22.4 Å². The molecule has 3 aliphatic rings. The number of thiophene rings is 1. The van der Waals surface area contributed by atoms with E-state index in [9.17, 15) is 14.7 Å². The van der Waals surface area contributed by atoms with Crippen LogP contribution in [-0.2, 0) is 14.3 Å². The number of rotatable bonds is 4. The van der Waals surface area contributed by atoms with Gasteiger partial charge in [0, 0.05) is 36.5 Å². The second-order valence-electron chi connectivity index (χ2n) is 8.95. The van der Waals surface area contributed by atoms with Gasteiger partial charge in [0.05, 0.1) is 17.7 Å². The molecule has 2 saturated heterocycles. The van der Waals surface area contributed by atoms with Crippen LogP contribution in [0.15, 0.2) is 17.5 Å². The average molecular weight is 421 g/mol. The number of amides is 2. The van der Waals surface area contributed by atoms with Gasteiger partial charge in [-0.1, -0.05) is 18.9 Å². The summed E-state index contributed by atoms with van der Waals surface area (Å²) < 4.78 is 5.43. The van der Waals surface area contributed by atoms with Crippen LogP contribution in [0.2, 0.25) is 0 Å². The maximum Gasteiger partial charge on any atom is 0.226 e. The molecule has 1 aromatic rings. The zero-order valence-electron chi connectivity index (χ0n) is 17.1. The van der Waals surface area contributed by atoms with Crippen LogP contribution in [0.25, 0.3) is 0 Å². The third-order valence-electron chi connectivity index (χ3n) is 6.89. The largest absolute Gasteiger partial charge is 0.388 e. The Hall–Kier alpha value is -1.44. The number of carbonyl (C=O) groups excluding carboxylic acids is 2. The zero-order valence-corrected chi connectivity index (χ0v) is 18.0. The predicted molar refractivity (Wildman–Crippen MR) is 111 cm³/mol. The molecule has 0 spiro atoms. The van der Waals surface area contributed by atoms with Crippen LogP contribution < -0.4 is 5.32 Å². The third-order valence-corrected chi connectivity index (χ3v) is 7.84. The van der Waals surface area contributed by atoms with Crippen molar-refractivity contribution in [1.82, 2.24) is 10.2 Å². The first-order valence-electron chi connectivity index (χ1n) is 10.9. The Morgan fingerprint density at radius 2 is 1.93 bits per heavy atom. The van der Waals surface area contributed by atoms with Gasteiger partial charge in [0.1, 0.15) is 0 Å². The smallest absolute Gasteiger partial charge is 0.226 e. The minimum absolute atomic E-state index is 0.0229. The van der Waals surface area contributed by atoms with Crippen LogP contribution >= 0.6 is 11.3 Å². The first-order valence-corrected chi connectivity index (χ1v) is 11.8. The molecule has 1 aromatic heterocycles. The van der Waals surface area contributed by atoms with Gasteiger partial charge in [-0.3, -0.25) is 9.59 Å². The second-order valence-corrected chi connectivity index (χ2v) is 9.93. The van der Waals surface area contributed by atoms with E-state index in [1.54, 1.807) is 18.3 Å². The fourth-order valence-electron chi connectivity index (χ4n) is 5.06. The van der Waals surface area contributed by atoms with Gasteiger partial charge in [0.2, 0.25) is 11.8 Å². The molecule has 0 aromatic carbocycles. The summed E-state index contributed by atoms with van der Waals surface area (Å²) in [7, 11) is 0. The number of likely N-dealkylation sites (tertiary alicyclic amines) is 1. The normalized spacial score (nSPS) is 31.7. The van der Waals surface area contributed by atoms with E-state index in [4.69, 9.17) is 4.74 Å². The molecule has 6 nitrogen and oxygen atoms in total. The molecule has 4 rings (SSSR count). The lowest BCUT2D eigenvalue weighted by molar-refractivity contribution is -0.152. The lowest BCUT2D eigenvalue weighted by Crippen LogP contribution is -2.64. The Bertz CT molecular complexity index is 708. The molecule has 2 N–H and O–H groups in total. The van der Waals surface area contributed by atoms with Gasteiger partial charge < -0.3 is 20.1 Å². The Morgan fingerprint density at radius 1 is 1.21 bits per heavy atom. The fourth-order valence-corrected chi connectivity index (χ4v) is 5.93. The molecule has 7 heteroatoms. The van der Waals surface area contributed by atoms with E-state index in [1.165, 1.54) is 0 Å². The number of nitrogens with one attached hydrogen (secondary N) is 1. The molecular formula is C22H32N2O4S. The summed E-state index contributed by atoms with van der Waals surface area (Å²) in [6.07, 6.45) is 5.93. The van der Waals surface area contributed by atoms with Crippen molar-refractivity contribution in [3.63, 3.8) is 0 Å². The highest BCUT2D eigenvalue weighted by molar-refractivity contribution is 7.10. The maximum absolute atomic E-state index is 13.4. The van der Waals surface area contributed by atoms with Gasteiger partial charge in [0.15, 0.2) is 0 Å². The highest BCUT2D eigenvalue weighted by Gasteiger charge is 2.49. The number of carbonyl (C=O) groups is 2. The number of hydrogen-bond acceptors (Lipinski definition) is 5. The Balaban J connectivity index is 1.61. The summed E-state index contributed by atoms with van der Waals surface area (Å²) in [4.78, 5) is 29.3. The van der Waals surface area contributed by atoms with E-state index in [2.05, 4.69) is 5.32 Å². The molecule has 0 unspecified atom stereocenters. The van der Waals surface area contributed by atoms with Gasteiger partial charge >= 0.3 is 0 Å². The molecule has 29 heavy (non-hydrogen) atoms. The molecule has 3 fully saturated rings. The van der Waals surface area contributed by atoms with Gasteiger partial charge in [-0.2, -0.15) is 0 Å². The predicted octanol–water partition coefficient (Wildman–Crippen LogP) is 2.87. The van der Waals surface area contributed by atoms with Crippen LogP contribution in [0.4, 0.5) is 0 Å². The number of ether oxygens (including phenoxy) is 1. The minimum Gasteiger partial charge on any atom is -0.388 e. The van der Waals surface area contributed by atoms with Crippen LogP contribution in [0, 0.1) is 11.8 Å². The quantitative estimate of drug-likeness (QED) is 0.785. The summed E-state index contributed by atoms with van der Waals surface area (Å²) in [5.41, 5.74) is -1.06. The van der Waals surface area contributed by atoms with E-state index in [-0.39, 0.29) is 29.7 Å². The van der Waals surface area contributed by atoms with Gasteiger partial charge in [-0.25, -0.2) is 0 Å². The molecular weight excluding hydrogens is 388 g/mol. The van der Waals surface area contributed by atoms with Gasteiger partial charge in [-0.15, -0.1) is 11.3 Å². The van der Waals surface area contributed by atoms with Crippen LogP contribution in [0.3, 0.4) is 0 Å².